The molecular weight excluding hydrogens is 220 g/mol. The Morgan fingerprint density at radius 2 is 2.25 bits per heavy atom. The molecule has 1 heterocycles. The third-order valence-corrected chi connectivity index (χ3v) is 2.90. The van der Waals surface area contributed by atoms with Crippen molar-refractivity contribution in [3.63, 3.8) is 0 Å². The van der Waals surface area contributed by atoms with Crippen molar-refractivity contribution in [2.45, 2.75) is 39.3 Å². The monoisotopic (exact) mass is 240 g/mol. The lowest BCUT2D eigenvalue weighted by Crippen LogP contribution is -2.33. The Labute approximate surface area is 103 Å². The molecule has 0 aliphatic rings. The lowest BCUT2D eigenvalue weighted by Gasteiger charge is -2.25. The van der Waals surface area contributed by atoms with E-state index in [2.05, 4.69) is 18.9 Å². The molecule has 0 fully saturated rings. The van der Waals surface area contributed by atoms with Crippen LogP contribution in [0.25, 0.3) is 0 Å². The predicted octanol–water partition coefficient (Wildman–Crippen LogP) is 2.47. The van der Waals surface area contributed by atoms with Crippen LogP contribution in [0, 0.1) is 6.92 Å². The van der Waals surface area contributed by atoms with Crippen molar-refractivity contribution in [2.75, 3.05) is 7.05 Å². The van der Waals surface area contributed by atoms with Crippen molar-refractivity contribution in [3.8, 4) is 0 Å². The molecule has 16 heavy (non-hydrogen) atoms. The van der Waals surface area contributed by atoms with Crippen LogP contribution in [0.4, 0.5) is 0 Å². The van der Waals surface area contributed by atoms with E-state index in [1.165, 1.54) is 0 Å². The zero-order chi connectivity index (χ0) is 12.1. The molecule has 0 amide bonds. The van der Waals surface area contributed by atoms with Gasteiger partial charge in [-0.05, 0) is 32.5 Å². The molecule has 0 bridgehead atoms. The predicted molar refractivity (Wildman–Crippen MR) is 70.4 cm³/mol. The minimum absolute atomic E-state index is 0.392. The second-order valence-electron chi connectivity index (χ2n) is 4.16. The SMILES string of the molecule is CCC(CC(N)=S)N(C)Cc1ccc(C)o1. The fourth-order valence-corrected chi connectivity index (χ4v) is 1.98. The van der Waals surface area contributed by atoms with E-state index in [9.17, 15) is 0 Å². The molecule has 1 aromatic heterocycles. The molecule has 90 valence electrons. The van der Waals surface area contributed by atoms with E-state index >= 15 is 0 Å². The van der Waals surface area contributed by atoms with E-state index in [1.807, 2.05) is 19.1 Å². The van der Waals surface area contributed by atoms with Crippen molar-refractivity contribution in [3.05, 3.63) is 23.7 Å². The molecule has 1 unspecified atom stereocenters. The van der Waals surface area contributed by atoms with Gasteiger partial charge in [0.1, 0.15) is 11.5 Å². The molecule has 1 atom stereocenters. The number of thiocarbonyl (C=S) groups is 1. The van der Waals surface area contributed by atoms with Gasteiger partial charge < -0.3 is 10.2 Å². The molecule has 2 N–H and O–H groups in total. The van der Waals surface area contributed by atoms with Crippen molar-refractivity contribution >= 4 is 17.2 Å². The van der Waals surface area contributed by atoms with Gasteiger partial charge in [0, 0.05) is 12.5 Å². The van der Waals surface area contributed by atoms with Gasteiger partial charge in [0.05, 0.1) is 11.5 Å². The lowest BCUT2D eigenvalue weighted by atomic mass is 10.1. The highest BCUT2D eigenvalue weighted by Crippen LogP contribution is 2.13. The minimum Gasteiger partial charge on any atom is -0.465 e. The Kier molecular flexibility index (Phi) is 4.96. The first-order chi connectivity index (χ1) is 7.52. The Balaban J connectivity index is 2.55. The van der Waals surface area contributed by atoms with Gasteiger partial charge in [-0.3, -0.25) is 4.90 Å². The molecule has 0 radical (unpaired) electrons. The van der Waals surface area contributed by atoms with E-state index in [1.54, 1.807) is 0 Å². The fourth-order valence-electron chi connectivity index (χ4n) is 1.79. The molecule has 1 aromatic rings. The molecule has 0 aliphatic heterocycles. The maximum absolute atomic E-state index is 5.59. The number of hydrogen-bond donors (Lipinski definition) is 1. The molecule has 4 heteroatoms. The van der Waals surface area contributed by atoms with Gasteiger partial charge in [-0.2, -0.15) is 0 Å². The summed E-state index contributed by atoms with van der Waals surface area (Å²) in [5, 5.41) is 0. The maximum atomic E-state index is 5.59. The fraction of sp³-hybridized carbons (Fsp3) is 0.583. The highest BCUT2D eigenvalue weighted by molar-refractivity contribution is 7.80. The van der Waals surface area contributed by atoms with Gasteiger partial charge >= 0.3 is 0 Å². The smallest absolute Gasteiger partial charge is 0.118 e. The van der Waals surface area contributed by atoms with E-state index in [4.69, 9.17) is 22.4 Å². The van der Waals surface area contributed by atoms with Crippen LogP contribution in [0.1, 0.15) is 31.3 Å². The number of nitrogens with two attached hydrogens (primary N) is 1. The Morgan fingerprint density at radius 1 is 1.56 bits per heavy atom. The first-order valence-electron chi connectivity index (χ1n) is 5.56. The van der Waals surface area contributed by atoms with Crippen molar-refractivity contribution in [2.24, 2.45) is 5.73 Å². The maximum Gasteiger partial charge on any atom is 0.118 e. The normalized spacial score (nSPS) is 13.0. The average molecular weight is 240 g/mol. The summed E-state index contributed by atoms with van der Waals surface area (Å²) in [4.78, 5) is 2.81. The summed E-state index contributed by atoms with van der Waals surface area (Å²) in [5.74, 6) is 1.94. The minimum atomic E-state index is 0.392. The molecule has 0 aliphatic carbocycles. The molecule has 1 rings (SSSR count). The lowest BCUT2D eigenvalue weighted by molar-refractivity contribution is 0.214. The third-order valence-electron chi connectivity index (χ3n) is 2.73. The van der Waals surface area contributed by atoms with Crippen molar-refractivity contribution in [1.82, 2.24) is 4.90 Å². The van der Waals surface area contributed by atoms with Gasteiger partial charge in [-0.15, -0.1) is 0 Å². The molecule has 0 saturated heterocycles. The molecule has 3 nitrogen and oxygen atoms in total. The van der Waals surface area contributed by atoms with E-state index < -0.39 is 0 Å². The summed E-state index contributed by atoms with van der Waals surface area (Å²) in [5.41, 5.74) is 5.59. The average Bonchev–Trinajstić information content (AvgIpc) is 2.60. The summed E-state index contributed by atoms with van der Waals surface area (Å²) >= 11 is 4.95. The standard InChI is InChI=1S/C12H20N2OS/c1-4-10(7-12(13)16)14(3)8-11-6-5-9(2)15-11/h5-6,10H,4,7-8H2,1-3H3,(H2,13,16). The van der Waals surface area contributed by atoms with Gasteiger partial charge in [0.25, 0.3) is 0 Å². The largest absolute Gasteiger partial charge is 0.465 e. The number of hydrogen-bond acceptors (Lipinski definition) is 3. The topological polar surface area (TPSA) is 42.4 Å². The number of furan rings is 1. The van der Waals surface area contributed by atoms with E-state index in [-0.39, 0.29) is 0 Å². The quantitative estimate of drug-likeness (QED) is 0.776. The van der Waals surface area contributed by atoms with E-state index in [0.29, 0.717) is 11.0 Å². The summed E-state index contributed by atoms with van der Waals surface area (Å²) in [6.45, 7) is 4.90. The Morgan fingerprint density at radius 3 is 2.69 bits per heavy atom. The second-order valence-corrected chi connectivity index (χ2v) is 4.68. The van der Waals surface area contributed by atoms with Crippen LogP contribution in [0.15, 0.2) is 16.5 Å². The molecule has 0 spiro atoms. The van der Waals surface area contributed by atoms with Crippen molar-refractivity contribution < 1.29 is 4.42 Å². The Bertz CT molecular complexity index is 349. The van der Waals surface area contributed by atoms with Crippen LogP contribution in [0.5, 0.6) is 0 Å². The van der Waals surface area contributed by atoms with Gasteiger partial charge in [-0.25, -0.2) is 0 Å². The number of rotatable bonds is 6. The molecule has 0 saturated carbocycles. The first kappa shape index (κ1) is 13.2. The highest BCUT2D eigenvalue weighted by Gasteiger charge is 2.15. The van der Waals surface area contributed by atoms with Crippen LogP contribution in [0.3, 0.4) is 0 Å². The van der Waals surface area contributed by atoms with Crippen LogP contribution in [-0.2, 0) is 6.54 Å². The van der Waals surface area contributed by atoms with E-state index in [0.717, 1.165) is 30.9 Å². The summed E-state index contributed by atoms with van der Waals surface area (Å²) in [6, 6.07) is 4.39. The van der Waals surface area contributed by atoms with Crippen molar-refractivity contribution in [1.29, 1.82) is 0 Å². The number of aryl methyl sites for hydroxylation is 1. The van der Waals surface area contributed by atoms with Crippen LogP contribution in [-0.4, -0.2) is 23.0 Å². The summed E-state index contributed by atoms with van der Waals surface area (Å²) in [7, 11) is 2.07. The number of nitrogens with zero attached hydrogens (tertiary/aromatic N) is 1. The summed E-state index contributed by atoms with van der Waals surface area (Å²) < 4.78 is 5.55. The van der Waals surface area contributed by atoms with Gasteiger partial charge in [0.15, 0.2) is 0 Å². The molecular formula is C12H20N2OS. The van der Waals surface area contributed by atoms with Gasteiger partial charge in [-0.1, -0.05) is 19.1 Å². The Hall–Kier alpha value is -0.870. The van der Waals surface area contributed by atoms with Crippen LogP contribution >= 0.6 is 12.2 Å². The summed E-state index contributed by atoms with van der Waals surface area (Å²) in [6.07, 6.45) is 1.80. The van der Waals surface area contributed by atoms with Crippen LogP contribution < -0.4 is 5.73 Å². The first-order valence-corrected chi connectivity index (χ1v) is 5.97. The second kappa shape index (κ2) is 6.01. The zero-order valence-electron chi connectivity index (χ0n) is 10.2. The third kappa shape index (κ3) is 3.94. The highest BCUT2D eigenvalue weighted by atomic mass is 32.1. The van der Waals surface area contributed by atoms with Gasteiger partial charge in [0.2, 0.25) is 0 Å². The zero-order valence-corrected chi connectivity index (χ0v) is 11.0. The van der Waals surface area contributed by atoms with Crippen LogP contribution in [0.2, 0.25) is 0 Å². The molecule has 0 aromatic carbocycles.